The van der Waals surface area contributed by atoms with E-state index in [1.807, 2.05) is 0 Å². The average Bonchev–Trinajstić information content (AvgIpc) is 3.07. The molecule has 1 aromatic heterocycles. The van der Waals surface area contributed by atoms with Gasteiger partial charge in [-0.25, -0.2) is 13.4 Å². The van der Waals surface area contributed by atoms with Crippen LogP contribution in [0.3, 0.4) is 0 Å². The maximum absolute atomic E-state index is 12.4. The number of likely N-dealkylation sites (tertiary alicyclic amines) is 1. The minimum Gasteiger partial charge on any atom is -0.334 e. The molecule has 1 N–H and O–H groups in total. The fourth-order valence-corrected chi connectivity index (χ4v) is 4.99. The molecular weight excluding hydrogens is 294 g/mol. The smallest absolute Gasteiger partial charge is 0.291 e. The van der Waals surface area contributed by atoms with Crippen LogP contribution in [-0.2, 0) is 10.0 Å². The Balaban J connectivity index is 1.84. The molecule has 0 radical (unpaired) electrons. The van der Waals surface area contributed by atoms with Crippen LogP contribution in [0.1, 0.15) is 36.3 Å². The molecule has 2 fully saturated rings. The summed E-state index contributed by atoms with van der Waals surface area (Å²) in [5.41, 5.74) is -0.443. The van der Waals surface area contributed by atoms with Crippen LogP contribution in [0, 0.1) is 0 Å². The van der Waals surface area contributed by atoms with Crippen LogP contribution < -0.4 is 0 Å². The van der Waals surface area contributed by atoms with Gasteiger partial charge in [-0.3, -0.25) is 9.89 Å². The van der Waals surface area contributed by atoms with Crippen LogP contribution in [0.25, 0.3) is 0 Å². The van der Waals surface area contributed by atoms with Crippen LogP contribution in [0.15, 0.2) is 6.33 Å². The Labute approximate surface area is 123 Å². The lowest BCUT2D eigenvalue weighted by atomic mass is 9.87. The lowest BCUT2D eigenvalue weighted by molar-refractivity contribution is 0.0514. The van der Waals surface area contributed by atoms with Crippen molar-refractivity contribution < 1.29 is 13.2 Å². The highest BCUT2D eigenvalue weighted by molar-refractivity contribution is 7.88. The number of carbonyl (C=O) groups is 1. The van der Waals surface area contributed by atoms with Gasteiger partial charge >= 0.3 is 0 Å². The molecule has 0 saturated carbocycles. The van der Waals surface area contributed by atoms with Crippen molar-refractivity contribution in [2.24, 2.45) is 0 Å². The number of hydrogen-bond donors (Lipinski definition) is 1. The van der Waals surface area contributed by atoms with Crippen molar-refractivity contribution in [2.45, 2.75) is 31.2 Å². The summed E-state index contributed by atoms with van der Waals surface area (Å²) >= 11 is 0. The first-order valence-corrected chi connectivity index (χ1v) is 8.90. The lowest BCUT2D eigenvalue weighted by Crippen LogP contribution is -2.58. The van der Waals surface area contributed by atoms with E-state index in [9.17, 15) is 13.2 Å². The molecule has 1 aromatic rings. The molecule has 2 aliphatic heterocycles. The highest BCUT2D eigenvalue weighted by atomic mass is 32.2. The minimum atomic E-state index is -3.25. The van der Waals surface area contributed by atoms with E-state index >= 15 is 0 Å². The second-order valence-corrected chi connectivity index (χ2v) is 7.73. The van der Waals surface area contributed by atoms with E-state index in [0.717, 1.165) is 25.7 Å². The average molecular weight is 313 g/mol. The SMILES string of the molecule is CS(=O)(=O)N1CCCC12CCCN(C(=O)c1ncn[nH]1)C2. The Morgan fingerprint density at radius 2 is 2.05 bits per heavy atom. The number of hydrogen-bond acceptors (Lipinski definition) is 5. The standard InChI is InChI=1S/C12H19N5O3S/c1-21(19,20)17-7-3-5-12(17)4-2-6-16(8-12)11(18)10-13-9-14-15-10/h9H,2-8H2,1H3,(H,13,14,15). The maximum atomic E-state index is 12.4. The third kappa shape index (κ3) is 2.55. The van der Waals surface area contributed by atoms with Gasteiger partial charge in [0.15, 0.2) is 0 Å². The Kier molecular flexibility index (Phi) is 3.48. The van der Waals surface area contributed by atoms with Crippen molar-refractivity contribution in [1.82, 2.24) is 24.4 Å². The lowest BCUT2D eigenvalue weighted by Gasteiger charge is -2.44. The zero-order valence-electron chi connectivity index (χ0n) is 11.9. The largest absolute Gasteiger partial charge is 0.334 e. The molecule has 21 heavy (non-hydrogen) atoms. The van der Waals surface area contributed by atoms with Gasteiger partial charge in [-0.1, -0.05) is 0 Å². The van der Waals surface area contributed by atoms with Crippen molar-refractivity contribution in [1.29, 1.82) is 0 Å². The molecule has 1 atom stereocenters. The Bertz CT molecular complexity index is 629. The molecular formula is C12H19N5O3S. The second-order valence-electron chi connectivity index (χ2n) is 5.83. The molecule has 0 aliphatic carbocycles. The number of carbonyl (C=O) groups excluding carboxylic acids is 1. The predicted octanol–water partition coefficient (Wildman–Crippen LogP) is -0.165. The Hall–Kier alpha value is -1.48. The second kappa shape index (κ2) is 5.06. The number of nitrogens with one attached hydrogen (secondary N) is 1. The van der Waals surface area contributed by atoms with Gasteiger partial charge in [0, 0.05) is 19.6 Å². The Morgan fingerprint density at radius 3 is 2.67 bits per heavy atom. The van der Waals surface area contributed by atoms with Crippen molar-refractivity contribution in [3.05, 3.63) is 12.2 Å². The van der Waals surface area contributed by atoms with Gasteiger partial charge in [0.25, 0.3) is 5.91 Å². The summed E-state index contributed by atoms with van der Waals surface area (Å²) in [4.78, 5) is 18.0. The van der Waals surface area contributed by atoms with Crippen LogP contribution >= 0.6 is 0 Å². The third-order valence-electron chi connectivity index (χ3n) is 4.39. The van der Waals surface area contributed by atoms with Gasteiger partial charge in [0.05, 0.1) is 11.8 Å². The van der Waals surface area contributed by atoms with Gasteiger partial charge < -0.3 is 4.90 Å². The van der Waals surface area contributed by atoms with Crippen molar-refractivity contribution >= 4 is 15.9 Å². The zero-order chi connectivity index (χ0) is 15.1. The molecule has 8 nitrogen and oxygen atoms in total. The molecule has 1 amide bonds. The number of aromatic nitrogens is 3. The highest BCUT2D eigenvalue weighted by Gasteiger charge is 2.48. The molecule has 1 unspecified atom stereocenters. The van der Waals surface area contributed by atoms with Crippen LogP contribution in [0.2, 0.25) is 0 Å². The quantitative estimate of drug-likeness (QED) is 0.817. The minimum absolute atomic E-state index is 0.205. The summed E-state index contributed by atoms with van der Waals surface area (Å²) in [6, 6.07) is 0. The first kappa shape index (κ1) is 14.5. The molecule has 116 valence electrons. The number of H-pyrrole nitrogens is 1. The number of sulfonamides is 1. The van der Waals surface area contributed by atoms with E-state index < -0.39 is 15.6 Å². The van der Waals surface area contributed by atoms with Crippen LogP contribution in [0.4, 0.5) is 0 Å². The van der Waals surface area contributed by atoms with Gasteiger partial charge in [-0.2, -0.15) is 9.40 Å². The number of amides is 1. The summed E-state index contributed by atoms with van der Waals surface area (Å²) in [5, 5.41) is 6.26. The van der Waals surface area contributed by atoms with E-state index in [4.69, 9.17) is 0 Å². The number of nitrogens with zero attached hydrogens (tertiary/aromatic N) is 4. The van der Waals surface area contributed by atoms with E-state index in [-0.39, 0.29) is 11.7 Å². The molecule has 0 bridgehead atoms. The summed E-state index contributed by atoms with van der Waals surface area (Å²) in [6.45, 7) is 1.60. The normalized spacial score (nSPS) is 27.4. The molecule has 9 heteroatoms. The highest BCUT2D eigenvalue weighted by Crippen LogP contribution is 2.38. The van der Waals surface area contributed by atoms with Crippen LogP contribution in [0.5, 0.6) is 0 Å². The molecule has 2 aliphatic rings. The molecule has 0 aromatic carbocycles. The summed E-state index contributed by atoms with van der Waals surface area (Å²) in [6.07, 6.45) is 5.80. The fraction of sp³-hybridized carbons (Fsp3) is 0.750. The van der Waals surface area contributed by atoms with Crippen molar-refractivity contribution in [2.75, 3.05) is 25.9 Å². The Morgan fingerprint density at radius 1 is 1.33 bits per heavy atom. The van der Waals surface area contributed by atoms with Crippen LogP contribution in [-0.4, -0.2) is 70.1 Å². The topological polar surface area (TPSA) is 99.3 Å². The fourth-order valence-electron chi connectivity index (χ4n) is 3.58. The monoisotopic (exact) mass is 313 g/mol. The van der Waals surface area contributed by atoms with Gasteiger partial charge in [0.1, 0.15) is 6.33 Å². The van der Waals surface area contributed by atoms with Gasteiger partial charge in [0.2, 0.25) is 15.8 Å². The van der Waals surface area contributed by atoms with Crippen molar-refractivity contribution in [3.8, 4) is 0 Å². The molecule has 3 heterocycles. The van der Waals surface area contributed by atoms with Gasteiger partial charge in [-0.15, -0.1) is 0 Å². The number of aromatic amines is 1. The third-order valence-corrected chi connectivity index (χ3v) is 5.76. The van der Waals surface area contributed by atoms with Crippen molar-refractivity contribution in [3.63, 3.8) is 0 Å². The van der Waals surface area contributed by atoms with E-state index in [1.165, 1.54) is 12.6 Å². The maximum Gasteiger partial charge on any atom is 0.291 e. The summed E-state index contributed by atoms with van der Waals surface area (Å²) in [5.74, 6) is -0.0112. The predicted molar refractivity (Wildman–Crippen MR) is 75.0 cm³/mol. The number of piperidine rings is 1. The molecule has 2 saturated heterocycles. The first-order chi connectivity index (χ1) is 9.92. The first-order valence-electron chi connectivity index (χ1n) is 7.05. The summed E-state index contributed by atoms with van der Waals surface area (Å²) in [7, 11) is -3.25. The van der Waals surface area contributed by atoms with Gasteiger partial charge in [-0.05, 0) is 25.7 Å². The van der Waals surface area contributed by atoms with E-state index in [2.05, 4.69) is 15.2 Å². The van der Waals surface area contributed by atoms with E-state index in [1.54, 1.807) is 9.21 Å². The van der Waals surface area contributed by atoms with E-state index in [0.29, 0.717) is 19.6 Å². The molecule has 3 rings (SSSR count). The summed E-state index contributed by atoms with van der Waals surface area (Å²) < 4.78 is 25.6. The molecule has 1 spiro atoms. The zero-order valence-corrected chi connectivity index (χ0v) is 12.8. The number of rotatable bonds is 2.